The number of carbonyl (C=O) groups is 1. The van der Waals surface area contributed by atoms with Crippen molar-refractivity contribution in [1.29, 1.82) is 0 Å². The van der Waals surface area contributed by atoms with Crippen LogP contribution in [0.25, 0.3) is 0 Å². The Labute approximate surface area is 106 Å². The third-order valence-corrected chi connectivity index (χ3v) is 5.31. The predicted octanol–water partition coefficient (Wildman–Crippen LogP) is 0.681. The molecule has 5 atom stereocenters. The maximum absolute atomic E-state index is 11.9. The lowest BCUT2D eigenvalue weighted by Crippen LogP contribution is -2.63. The molecular formula is C13H18O5. The molecule has 0 saturated carbocycles. The standard InChI is InChI=1S/C13H18O5/c1-11-5-4-8-6-17-13(15,12(8,11)2)18-7-9(11)10(14)16-3/h4-5,8-9,15H,6-7H2,1-3H3/t8-,9?,11+,12+,13+/m0/s1. The van der Waals surface area contributed by atoms with Crippen LogP contribution in [0, 0.1) is 22.7 Å². The van der Waals surface area contributed by atoms with Crippen LogP contribution in [-0.2, 0) is 19.0 Å². The van der Waals surface area contributed by atoms with E-state index in [2.05, 4.69) is 0 Å². The van der Waals surface area contributed by atoms with Crippen molar-refractivity contribution < 1.29 is 24.1 Å². The van der Waals surface area contributed by atoms with Crippen molar-refractivity contribution in [2.75, 3.05) is 20.3 Å². The molecule has 1 unspecified atom stereocenters. The number of ether oxygens (including phenoxy) is 3. The highest BCUT2D eigenvalue weighted by Crippen LogP contribution is 2.67. The SMILES string of the molecule is COC(=O)C1CO[C@]2(O)OC[C@@H]3C=C[C@@]1(C)[C@@]32C. The van der Waals surface area contributed by atoms with Gasteiger partial charge in [-0.15, -0.1) is 0 Å². The molecule has 2 fully saturated rings. The summed E-state index contributed by atoms with van der Waals surface area (Å²) in [7, 11) is 1.37. The van der Waals surface area contributed by atoms with Crippen molar-refractivity contribution in [3.05, 3.63) is 12.2 Å². The molecule has 0 aromatic carbocycles. The lowest BCUT2D eigenvalue weighted by Gasteiger charge is -2.54. The summed E-state index contributed by atoms with van der Waals surface area (Å²) in [6, 6.07) is 0. The molecule has 0 aromatic rings. The second-order valence-corrected chi connectivity index (χ2v) is 5.73. The molecule has 1 aliphatic carbocycles. The molecule has 2 saturated heterocycles. The normalized spacial score (nSPS) is 53.3. The lowest BCUT2D eigenvalue weighted by atomic mass is 9.56. The van der Waals surface area contributed by atoms with Gasteiger partial charge in [-0.05, 0) is 0 Å². The molecule has 0 bridgehead atoms. The van der Waals surface area contributed by atoms with Crippen LogP contribution in [0.5, 0.6) is 0 Å². The van der Waals surface area contributed by atoms with Gasteiger partial charge in [-0.2, -0.15) is 0 Å². The molecule has 5 heteroatoms. The zero-order chi connectivity index (χ0) is 13.2. The van der Waals surface area contributed by atoms with Crippen molar-refractivity contribution in [3.63, 3.8) is 0 Å². The Bertz CT molecular complexity index is 433. The van der Waals surface area contributed by atoms with E-state index in [-0.39, 0.29) is 18.5 Å². The second-order valence-electron chi connectivity index (χ2n) is 5.73. The highest BCUT2D eigenvalue weighted by Gasteiger charge is 2.74. The number of hydrogen-bond acceptors (Lipinski definition) is 5. The van der Waals surface area contributed by atoms with Crippen LogP contribution in [0.3, 0.4) is 0 Å². The summed E-state index contributed by atoms with van der Waals surface area (Å²) in [4.78, 5) is 11.9. The average Bonchev–Trinajstić information content (AvgIpc) is 2.77. The summed E-state index contributed by atoms with van der Waals surface area (Å²) < 4.78 is 15.8. The Kier molecular flexibility index (Phi) is 2.26. The first kappa shape index (κ1) is 12.1. The van der Waals surface area contributed by atoms with Gasteiger partial charge in [0, 0.05) is 11.3 Å². The highest BCUT2D eigenvalue weighted by molar-refractivity contribution is 5.74. The van der Waals surface area contributed by atoms with Gasteiger partial charge < -0.3 is 19.3 Å². The van der Waals surface area contributed by atoms with Crippen molar-refractivity contribution >= 4 is 5.97 Å². The van der Waals surface area contributed by atoms with Crippen LogP contribution in [0.1, 0.15) is 13.8 Å². The summed E-state index contributed by atoms with van der Waals surface area (Å²) >= 11 is 0. The molecule has 1 N–H and O–H groups in total. The minimum absolute atomic E-state index is 0.0555. The van der Waals surface area contributed by atoms with E-state index in [1.807, 2.05) is 26.0 Å². The molecule has 5 nitrogen and oxygen atoms in total. The number of aliphatic hydroxyl groups is 1. The molecule has 0 amide bonds. The highest BCUT2D eigenvalue weighted by atomic mass is 16.8. The summed E-state index contributed by atoms with van der Waals surface area (Å²) in [5.74, 6) is -2.28. The fourth-order valence-electron chi connectivity index (χ4n) is 3.72. The van der Waals surface area contributed by atoms with Crippen LogP contribution in [-0.4, -0.2) is 37.4 Å². The van der Waals surface area contributed by atoms with Gasteiger partial charge in [0.15, 0.2) is 0 Å². The lowest BCUT2D eigenvalue weighted by molar-refractivity contribution is -0.419. The van der Waals surface area contributed by atoms with Crippen molar-refractivity contribution in [2.24, 2.45) is 22.7 Å². The van der Waals surface area contributed by atoms with E-state index >= 15 is 0 Å². The molecule has 2 heterocycles. The Balaban J connectivity index is 2.09. The van der Waals surface area contributed by atoms with Crippen molar-refractivity contribution in [1.82, 2.24) is 0 Å². The van der Waals surface area contributed by atoms with Gasteiger partial charge in [-0.25, -0.2) is 0 Å². The zero-order valence-electron chi connectivity index (χ0n) is 10.8. The first-order chi connectivity index (χ1) is 8.39. The molecule has 100 valence electrons. The van der Waals surface area contributed by atoms with E-state index in [0.29, 0.717) is 6.61 Å². The Morgan fingerprint density at radius 3 is 2.72 bits per heavy atom. The molecular weight excluding hydrogens is 236 g/mol. The second kappa shape index (κ2) is 3.35. The largest absolute Gasteiger partial charge is 0.469 e. The molecule has 0 aromatic heterocycles. The molecule has 0 radical (unpaired) electrons. The number of rotatable bonds is 1. The minimum atomic E-state index is -1.61. The number of allylic oxidation sites excluding steroid dienone is 1. The molecule has 0 spiro atoms. The van der Waals surface area contributed by atoms with Gasteiger partial charge in [0.05, 0.1) is 31.7 Å². The molecule has 2 aliphatic heterocycles. The topological polar surface area (TPSA) is 65.0 Å². The molecule has 18 heavy (non-hydrogen) atoms. The van der Waals surface area contributed by atoms with Crippen LogP contribution in [0.4, 0.5) is 0 Å². The van der Waals surface area contributed by atoms with Gasteiger partial charge in [-0.1, -0.05) is 26.0 Å². The van der Waals surface area contributed by atoms with Crippen LogP contribution < -0.4 is 0 Å². The first-order valence-electron chi connectivity index (χ1n) is 6.16. The third kappa shape index (κ3) is 1.06. The monoisotopic (exact) mass is 254 g/mol. The number of esters is 1. The van der Waals surface area contributed by atoms with Gasteiger partial charge in [0.2, 0.25) is 0 Å². The number of hydrogen-bond donors (Lipinski definition) is 1. The maximum atomic E-state index is 11.9. The first-order valence-corrected chi connectivity index (χ1v) is 6.16. The Morgan fingerprint density at radius 2 is 2.06 bits per heavy atom. The Hall–Kier alpha value is -0.910. The van der Waals surface area contributed by atoms with E-state index in [1.54, 1.807) is 0 Å². The van der Waals surface area contributed by atoms with E-state index in [9.17, 15) is 9.90 Å². The summed E-state index contributed by atoms with van der Waals surface area (Å²) in [5.41, 5.74) is -1.18. The van der Waals surface area contributed by atoms with E-state index in [4.69, 9.17) is 14.2 Å². The zero-order valence-corrected chi connectivity index (χ0v) is 10.8. The maximum Gasteiger partial charge on any atom is 0.311 e. The van der Waals surface area contributed by atoms with Crippen LogP contribution >= 0.6 is 0 Å². The smallest absolute Gasteiger partial charge is 0.311 e. The minimum Gasteiger partial charge on any atom is -0.469 e. The van der Waals surface area contributed by atoms with Gasteiger partial charge >= 0.3 is 5.97 Å². The summed E-state index contributed by atoms with van der Waals surface area (Å²) in [6.45, 7) is 4.40. The van der Waals surface area contributed by atoms with E-state index in [1.165, 1.54) is 7.11 Å². The fourth-order valence-corrected chi connectivity index (χ4v) is 3.72. The quantitative estimate of drug-likeness (QED) is 0.550. The predicted molar refractivity (Wildman–Crippen MR) is 61.2 cm³/mol. The molecule has 3 rings (SSSR count). The van der Waals surface area contributed by atoms with Crippen LogP contribution in [0.15, 0.2) is 12.2 Å². The number of carbonyl (C=O) groups excluding carboxylic acids is 1. The van der Waals surface area contributed by atoms with E-state index in [0.717, 1.165) is 0 Å². The average molecular weight is 254 g/mol. The van der Waals surface area contributed by atoms with Gasteiger partial charge in [-0.3, -0.25) is 4.79 Å². The van der Waals surface area contributed by atoms with Crippen molar-refractivity contribution in [3.8, 4) is 0 Å². The van der Waals surface area contributed by atoms with Crippen LogP contribution in [0.2, 0.25) is 0 Å². The van der Waals surface area contributed by atoms with Crippen molar-refractivity contribution in [2.45, 2.75) is 19.8 Å². The van der Waals surface area contributed by atoms with Gasteiger partial charge in [0.1, 0.15) is 0 Å². The summed E-state index contributed by atoms with van der Waals surface area (Å²) in [6.07, 6.45) is 4.03. The summed E-state index contributed by atoms with van der Waals surface area (Å²) in [5, 5.41) is 10.6. The third-order valence-electron chi connectivity index (χ3n) is 5.31. The molecule has 3 aliphatic rings. The van der Waals surface area contributed by atoms with E-state index < -0.39 is 22.7 Å². The fraction of sp³-hybridized carbons (Fsp3) is 0.769. The van der Waals surface area contributed by atoms with Gasteiger partial charge in [0.25, 0.3) is 5.97 Å². The Morgan fingerprint density at radius 1 is 1.39 bits per heavy atom. The number of methoxy groups -OCH3 is 1.